The summed E-state index contributed by atoms with van der Waals surface area (Å²) in [4.78, 5) is 26.4. The lowest BCUT2D eigenvalue weighted by Crippen LogP contribution is -2.56. The van der Waals surface area contributed by atoms with Crippen LogP contribution >= 0.6 is 0 Å². The molecule has 1 aromatic carbocycles. The molecule has 2 aliphatic rings. The van der Waals surface area contributed by atoms with E-state index in [9.17, 15) is 23.1 Å². The molecular formula is C28H30F3N5O3. The third-order valence-electron chi connectivity index (χ3n) is 7.00. The highest BCUT2D eigenvalue weighted by molar-refractivity contribution is 6.04. The van der Waals surface area contributed by atoms with Gasteiger partial charge in [-0.2, -0.15) is 13.2 Å². The monoisotopic (exact) mass is 541 g/mol. The Labute approximate surface area is 224 Å². The van der Waals surface area contributed by atoms with E-state index in [1.54, 1.807) is 17.0 Å². The van der Waals surface area contributed by atoms with Gasteiger partial charge in [0, 0.05) is 37.2 Å². The molecule has 206 valence electrons. The van der Waals surface area contributed by atoms with Crippen molar-refractivity contribution in [1.29, 1.82) is 0 Å². The summed E-state index contributed by atoms with van der Waals surface area (Å²) >= 11 is 0. The number of alkyl halides is 3. The second kappa shape index (κ2) is 10.7. The maximum absolute atomic E-state index is 13.7. The van der Waals surface area contributed by atoms with Crippen molar-refractivity contribution < 1.29 is 27.8 Å². The predicted molar refractivity (Wildman–Crippen MR) is 142 cm³/mol. The van der Waals surface area contributed by atoms with Gasteiger partial charge in [0.2, 0.25) is 0 Å². The predicted octanol–water partition coefficient (Wildman–Crippen LogP) is 5.50. The quantitative estimate of drug-likeness (QED) is 0.429. The molecule has 2 aliphatic heterocycles. The Morgan fingerprint density at radius 3 is 2.85 bits per heavy atom. The molecule has 0 aliphatic carbocycles. The van der Waals surface area contributed by atoms with Gasteiger partial charge < -0.3 is 20.1 Å². The van der Waals surface area contributed by atoms with Crippen LogP contribution in [0.4, 0.5) is 35.2 Å². The van der Waals surface area contributed by atoms with Crippen LogP contribution in [0, 0.1) is 12.8 Å². The number of nitrogens with zero attached hydrogens (tertiary/aromatic N) is 4. The number of halogens is 3. The Morgan fingerprint density at radius 2 is 2.08 bits per heavy atom. The number of aliphatic hydroxyl groups excluding tert-OH is 1. The summed E-state index contributed by atoms with van der Waals surface area (Å²) < 4.78 is 45.9. The fourth-order valence-electron chi connectivity index (χ4n) is 4.99. The van der Waals surface area contributed by atoms with Gasteiger partial charge in [-0.25, -0.2) is 9.78 Å². The van der Waals surface area contributed by atoms with Crippen LogP contribution in [-0.2, 0) is 6.18 Å². The smallest absolute Gasteiger partial charge is 0.416 e. The lowest BCUT2D eigenvalue weighted by molar-refractivity contribution is -0.137. The van der Waals surface area contributed by atoms with E-state index >= 15 is 0 Å². The van der Waals surface area contributed by atoms with Crippen LogP contribution in [0.5, 0.6) is 5.75 Å². The number of hydrogen-bond acceptors (Lipinski definition) is 6. The van der Waals surface area contributed by atoms with Crippen molar-refractivity contribution in [2.75, 3.05) is 41.4 Å². The number of carbonyl (C=O) groups is 1. The molecule has 2 atom stereocenters. The number of fused-ring (bicyclic) bond motifs is 4. The van der Waals surface area contributed by atoms with Crippen LogP contribution in [0.3, 0.4) is 0 Å². The van der Waals surface area contributed by atoms with E-state index in [4.69, 9.17) is 9.72 Å². The lowest BCUT2D eigenvalue weighted by atomic mass is 9.97. The minimum absolute atomic E-state index is 0.00834. The van der Waals surface area contributed by atoms with Gasteiger partial charge in [-0.3, -0.25) is 9.88 Å². The Bertz CT molecular complexity index is 1370. The summed E-state index contributed by atoms with van der Waals surface area (Å²) in [5, 5.41) is 12.1. The van der Waals surface area contributed by atoms with Crippen LogP contribution in [-0.4, -0.2) is 53.5 Å². The summed E-state index contributed by atoms with van der Waals surface area (Å²) in [5.41, 5.74) is 1.92. The Balaban J connectivity index is 1.48. The fraction of sp³-hybridized carbons (Fsp3) is 0.393. The molecule has 0 saturated carbocycles. The molecule has 39 heavy (non-hydrogen) atoms. The van der Waals surface area contributed by atoms with Crippen molar-refractivity contribution in [2.24, 2.45) is 5.92 Å². The minimum atomic E-state index is -4.48. The summed E-state index contributed by atoms with van der Waals surface area (Å²) in [7, 11) is 0. The van der Waals surface area contributed by atoms with Gasteiger partial charge in [0.25, 0.3) is 0 Å². The number of aliphatic hydroxyl groups is 1. The highest BCUT2D eigenvalue weighted by Gasteiger charge is 2.39. The number of aryl methyl sites for hydroxylation is 1. The van der Waals surface area contributed by atoms with Crippen molar-refractivity contribution in [1.82, 2.24) is 9.97 Å². The Kier molecular flexibility index (Phi) is 7.35. The van der Waals surface area contributed by atoms with Crippen LogP contribution < -0.4 is 19.9 Å². The largest absolute Gasteiger partial charge is 0.492 e. The van der Waals surface area contributed by atoms with Crippen LogP contribution in [0.15, 0.2) is 48.8 Å². The lowest BCUT2D eigenvalue weighted by Gasteiger charge is -2.46. The number of benzene rings is 1. The van der Waals surface area contributed by atoms with Crippen molar-refractivity contribution in [2.45, 2.75) is 38.9 Å². The van der Waals surface area contributed by atoms with E-state index in [1.165, 1.54) is 18.5 Å². The van der Waals surface area contributed by atoms with Crippen molar-refractivity contribution in [3.05, 3.63) is 59.9 Å². The molecule has 0 spiro atoms. The van der Waals surface area contributed by atoms with E-state index in [-0.39, 0.29) is 18.6 Å². The molecule has 1 saturated heterocycles. The van der Waals surface area contributed by atoms with E-state index < -0.39 is 17.8 Å². The first-order chi connectivity index (χ1) is 18.6. The second-order valence-corrected chi connectivity index (χ2v) is 10.1. The summed E-state index contributed by atoms with van der Waals surface area (Å²) in [6, 6.07) is 8.09. The van der Waals surface area contributed by atoms with Gasteiger partial charge in [-0.05, 0) is 43.5 Å². The molecular weight excluding hydrogens is 511 g/mol. The Morgan fingerprint density at radius 1 is 1.26 bits per heavy atom. The molecule has 5 rings (SSSR count). The molecule has 8 nitrogen and oxygen atoms in total. The first-order valence-electron chi connectivity index (χ1n) is 12.9. The SMILES string of the molecule is Cc1cc2c(nc1-c1cccc(C(F)(F)F)c1)N(C(=O)Nc1cncc(OC[C@H](C)CO)c1)[C@H]1CCCN2C1. The number of nitrogens with one attached hydrogen (secondary N) is 1. The summed E-state index contributed by atoms with van der Waals surface area (Å²) in [6.07, 6.45) is 0.235. The van der Waals surface area contributed by atoms with Gasteiger partial charge in [0.05, 0.1) is 47.7 Å². The highest BCUT2D eigenvalue weighted by atomic mass is 19.4. The zero-order chi connectivity index (χ0) is 27.7. The molecule has 3 aromatic rings. The van der Waals surface area contributed by atoms with Gasteiger partial charge in [-0.1, -0.05) is 19.1 Å². The number of carbonyl (C=O) groups excluding carboxylic acids is 1. The van der Waals surface area contributed by atoms with E-state index in [2.05, 4.69) is 15.2 Å². The van der Waals surface area contributed by atoms with Gasteiger partial charge >= 0.3 is 12.2 Å². The Hall–Kier alpha value is -3.86. The molecule has 2 aromatic heterocycles. The molecule has 0 unspecified atom stereocenters. The van der Waals surface area contributed by atoms with Gasteiger partial charge in [-0.15, -0.1) is 0 Å². The first-order valence-corrected chi connectivity index (χ1v) is 12.9. The van der Waals surface area contributed by atoms with Crippen LogP contribution in [0.25, 0.3) is 11.3 Å². The average molecular weight is 542 g/mol. The molecule has 2 amide bonds. The van der Waals surface area contributed by atoms with Crippen molar-refractivity contribution in [3.63, 3.8) is 0 Å². The maximum Gasteiger partial charge on any atom is 0.416 e. The zero-order valence-corrected chi connectivity index (χ0v) is 21.7. The molecule has 11 heteroatoms. The molecule has 2 N–H and O–H groups in total. The normalized spacial score (nSPS) is 17.4. The third-order valence-corrected chi connectivity index (χ3v) is 7.00. The van der Waals surface area contributed by atoms with E-state index in [0.29, 0.717) is 41.7 Å². The van der Waals surface area contributed by atoms with Crippen molar-refractivity contribution in [3.8, 4) is 17.0 Å². The fourth-order valence-corrected chi connectivity index (χ4v) is 4.99. The topological polar surface area (TPSA) is 90.8 Å². The average Bonchev–Trinajstić information content (AvgIpc) is 2.92. The number of aromatic nitrogens is 2. The van der Waals surface area contributed by atoms with Gasteiger partial charge in [0.15, 0.2) is 5.82 Å². The summed E-state index contributed by atoms with van der Waals surface area (Å²) in [6.45, 7) is 5.42. The van der Waals surface area contributed by atoms with Crippen LogP contribution in [0.1, 0.15) is 30.9 Å². The first kappa shape index (κ1) is 26.7. The number of amides is 2. The van der Waals surface area contributed by atoms with E-state index in [1.807, 2.05) is 19.9 Å². The van der Waals surface area contributed by atoms with Crippen molar-refractivity contribution >= 4 is 23.2 Å². The van der Waals surface area contributed by atoms with Crippen LogP contribution in [0.2, 0.25) is 0 Å². The third kappa shape index (κ3) is 5.63. The zero-order valence-electron chi connectivity index (χ0n) is 21.7. The minimum Gasteiger partial charge on any atom is -0.492 e. The summed E-state index contributed by atoms with van der Waals surface area (Å²) in [5.74, 6) is 0.818. The van der Waals surface area contributed by atoms with Gasteiger partial charge in [0.1, 0.15) is 5.75 Å². The molecule has 4 heterocycles. The van der Waals surface area contributed by atoms with E-state index in [0.717, 1.165) is 42.8 Å². The highest BCUT2D eigenvalue weighted by Crippen LogP contribution is 2.41. The molecule has 1 fully saturated rings. The maximum atomic E-state index is 13.7. The number of piperidine rings is 1. The number of ether oxygens (including phenoxy) is 1. The standard InChI is InChI=1S/C28H30F3N5O3/c1-17(15-37)16-39-23-11-21(12-32-13-23)33-27(38)36-22-7-4-8-35(14-22)24-9-18(2)25(34-26(24)36)19-5-3-6-20(10-19)28(29,30)31/h3,5-6,9-13,17,22,37H,4,7-8,14-16H2,1-2H3,(H,33,38)/t17-,22+/m1/s1. The second-order valence-electron chi connectivity index (χ2n) is 10.1. The number of urea groups is 1. The molecule has 0 radical (unpaired) electrons. The number of anilines is 3. The molecule has 2 bridgehead atoms. The number of rotatable bonds is 6. The number of pyridine rings is 2. The number of hydrogen-bond donors (Lipinski definition) is 2.